The first-order valence-electron chi connectivity index (χ1n) is 4.40. The molecule has 0 spiro atoms. The summed E-state index contributed by atoms with van der Waals surface area (Å²) in [6, 6.07) is 0. The summed E-state index contributed by atoms with van der Waals surface area (Å²) in [5, 5.41) is 24.0. The summed E-state index contributed by atoms with van der Waals surface area (Å²) in [4.78, 5) is 10.2. The first-order chi connectivity index (χ1) is 6.70. The molecule has 3 N–H and O–H groups in total. The van der Waals surface area contributed by atoms with Crippen LogP contribution < -0.4 is 0 Å². The highest BCUT2D eigenvalue weighted by Gasteiger charge is 2.06. The topological polar surface area (TPSA) is 96.2 Å². The molecule has 14 heavy (non-hydrogen) atoms. The number of hydrogen-bond acceptors (Lipinski definition) is 6. The largest absolute Gasteiger partial charge is 0.508 e. The van der Waals surface area contributed by atoms with Gasteiger partial charge in [-0.15, -0.1) is 0 Å². The van der Waals surface area contributed by atoms with Crippen molar-refractivity contribution >= 4 is 6.16 Å². The summed E-state index contributed by atoms with van der Waals surface area (Å²) in [5.41, 5.74) is 0. The quantitative estimate of drug-likeness (QED) is 0.517. The average Bonchev–Trinajstić information content (AvgIpc) is 2.45. The highest BCUT2D eigenvalue weighted by molar-refractivity contribution is 5.59. The third-order valence-corrected chi connectivity index (χ3v) is 1.40. The molecule has 1 saturated heterocycles. The van der Waals surface area contributed by atoms with Gasteiger partial charge in [-0.3, -0.25) is 0 Å². The first kappa shape index (κ1) is 13.2. The minimum Gasteiger partial charge on any atom is -0.434 e. The van der Waals surface area contributed by atoms with Crippen molar-refractivity contribution in [3.63, 3.8) is 0 Å². The van der Waals surface area contributed by atoms with Gasteiger partial charge in [0.2, 0.25) is 0 Å². The van der Waals surface area contributed by atoms with E-state index in [0.29, 0.717) is 13.2 Å². The molecule has 0 aromatic heterocycles. The maximum Gasteiger partial charge on any atom is 0.508 e. The van der Waals surface area contributed by atoms with Crippen LogP contribution in [0.25, 0.3) is 0 Å². The Kier molecular flexibility index (Phi) is 8.20. The van der Waals surface area contributed by atoms with Gasteiger partial charge in [-0.2, -0.15) is 0 Å². The van der Waals surface area contributed by atoms with E-state index >= 15 is 0 Å². The Bertz CT molecular complexity index is 135. The number of rotatable bonds is 2. The molecule has 1 fully saturated rings. The van der Waals surface area contributed by atoms with Crippen LogP contribution in [-0.2, 0) is 9.47 Å². The van der Waals surface area contributed by atoms with Gasteiger partial charge in [-0.25, -0.2) is 4.79 Å². The lowest BCUT2D eigenvalue weighted by Gasteiger charge is -1.96. The van der Waals surface area contributed by atoms with Gasteiger partial charge in [0.25, 0.3) is 0 Å². The van der Waals surface area contributed by atoms with E-state index in [1.165, 1.54) is 0 Å². The van der Waals surface area contributed by atoms with Gasteiger partial charge in [-0.05, 0) is 12.8 Å². The van der Waals surface area contributed by atoms with Crippen LogP contribution in [0.15, 0.2) is 0 Å². The van der Waals surface area contributed by atoms with Gasteiger partial charge in [-0.1, -0.05) is 0 Å². The highest BCUT2D eigenvalue weighted by Crippen LogP contribution is 1.99. The van der Waals surface area contributed by atoms with Crippen LogP contribution in [0.2, 0.25) is 0 Å². The number of carbonyl (C=O) groups is 1. The number of aliphatic hydroxyl groups is 3. The van der Waals surface area contributed by atoms with E-state index in [1.807, 2.05) is 0 Å². The van der Waals surface area contributed by atoms with Gasteiger partial charge in [0.15, 0.2) is 0 Å². The summed E-state index contributed by atoms with van der Waals surface area (Å²) in [6.45, 7) is 0.296. The third kappa shape index (κ3) is 7.78. The lowest BCUT2D eigenvalue weighted by atomic mass is 10.3. The second-order valence-electron chi connectivity index (χ2n) is 2.67. The van der Waals surface area contributed by atoms with Crippen molar-refractivity contribution in [2.45, 2.75) is 18.9 Å². The molecular formula is C8H16O6. The number of cyclic esters (lactones) is 2. The normalized spacial score (nSPS) is 16.1. The molecule has 1 rings (SSSR count). The van der Waals surface area contributed by atoms with Crippen molar-refractivity contribution in [1.82, 2.24) is 0 Å². The molecule has 0 bridgehead atoms. The number of aliphatic hydroxyl groups excluding tert-OH is 3. The molecule has 6 heteroatoms. The molecular weight excluding hydrogens is 192 g/mol. The summed E-state index contributed by atoms with van der Waals surface area (Å²) in [6.07, 6.45) is 0.366. The second kappa shape index (κ2) is 8.74. The van der Waals surface area contributed by atoms with Crippen LogP contribution in [0, 0.1) is 0 Å². The molecule has 0 aliphatic carbocycles. The summed E-state index contributed by atoms with van der Waals surface area (Å²) in [7, 11) is 0. The lowest BCUT2D eigenvalue weighted by Crippen LogP contribution is -2.15. The zero-order chi connectivity index (χ0) is 10.8. The molecule has 0 saturated carbocycles. The minimum atomic E-state index is -0.954. The van der Waals surface area contributed by atoms with Crippen LogP contribution >= 0.6 is 0 Å². The zero-order valence-electron chi connectivity index (χ0n) is 7.89. The fourth-order valence-electron chi connectivity index (χ4n) is 0.615. The second-order valence-corrected chi connectivity index (χ2v) is 2.67. The zero-order valence-corrected chi connectivity index (χ0v) is 7.89. The van der Waals surface area contributed by atoms with Crippen molar-refractivity contribution in [2.75, 3.05) is 26.4 Å². The lowest BCUT2D eigenvalue weighted by molar-refractivity contribution is 0.0450. The van der Waals surface area contributed by atoms with Crippen molar-refractivity contribution in [2.24, 2.45) is 0 Å². The van der Waals surface area contributed by atoms with E-state index in [4.69, 9.17) is 15.3 Å². The minimum absolute atomic E-state index is 0.365. The Labute approximate surface area is 82.1 Å². The van der Waals surface area contributed by atoms with Gasteiger partial charge < -0.3 is 24.8 Å². The number of carbonyl (C=O) groups excluding carboxylic acids is 1. The van der Waals surface area contributed by atoms with Gasteiger partial charge in [0.05, 0.1) is 26.4 Å². The van der Waals surface area contributed by atoms with Crippen LogP contribution in [0.5, 0.6) is 0 Å². The van der Waals surface area contributed by atoms with Gasteiger partial charge in [0, 0.05) is 0 Å². The van der Waals surface area contributed by atoms with E-state index in [9.17, 15) is 4.79 Å². The molecule has 1 heterocycles. The van der Waals surface area contributed by atoms with Crippen LogP contribution in [0.4, 0.5) is 4.79 Å². The Morgan fingerprint density at radius 3 is 1.86 bits per heavy atom. The fraction of sp³-hybridized carbons (Fsp3) is 0.875. The molecule has 0 atom stereocenters. The Morgan fingerprint density at radius 2 is 1.57 bits per heavy atom. The Hall–Kier alpha value is -0.850. The highest BCUT2D eigenvalue weighted by atomic mass is 16.7. The van der Waals surface area contributed by atoms with Crippen molar-refractivity contribution in [3.05, 3.63) is 0 Å². The van der Waals surface area contributed by atoms with Crippen LogP contribution in [0.3, 0.4) is 0 Å². The third-order valence-electron chi connectivity index (χ3n) is 1.40. The summed E-state index contributed by atoms with van der Waals surface area (Å²) in [5.74, 6) is 0. The fourth-order valence-corrected chi connectivity index (χ4v) is 0.615. The smallest absolute Gasteiger partial charge is 0.434 e. The molecule has 0 unspecified atom stereocenters. The summed E-state index contributed by atoms with van der Waals surface area (Å²) >= 11 is 0. The van der Waals surface area contributed by atoms with Gasteiger partial charge in [0.1, 0.15) is 6.10 Å². The van der Waals surface area contributed by atoms with E-state index in [-0.39, 0.29) is 13.2 Å². The standard InChI is InChI=1S/C5H8O3.C3H8O3/c6-5-7-3-1-2-4-8-5;4-1-3(6)2-5/h1-4H2;3-6H,1-2H2. The van der Waals surface area contributed by atoms with E-state index < -0.39 is 12.3 Å². The monoisotopic (exact) mass is 208 g/mol. The number of hydrogen-bond donors (Lipinski definition) is 3. The van der Waals surface area contributed by atoms with Crippen molar-refractivity contribution in [3.8, 4) is 0 Å². The first-order valence-corrected chi connectivity index (χ1v) is 4.40. The molecule has 0 radical (unpaired) electrons. The molecule has 0 amide bonds. The van der Waals surface area contributed by atoms with E-state index in [1.54, 1.807) is 0 Å². The maximum absolute atomic E-state index is 10.2. The van der Waals surface area contributed by atoms with Gasteiger partial charge >= 0.3 is 6.16 Å². The SMILES string of the molecule is O=C1OCCCCO1.OCC(O)CO. The van der Waals surface area contributed by atoms with Crippen LogP contribution in [-0.4, -0.2) is 54.0 Å². The van der Waals surface area contributed by atoms with E-state index in [2.05, 4.69) is 9.47 Å². The summed E-state index contributed by atoms with van der Waals surface area (Å²) < 4.78 is 9.08. The predicted octanol–water partition coefficient (Wildman–Crippen LogP) is -0.735. The average molecular weight is 208 g/mol. The molecule has 0 aromatic rings. The molecule has 1 aliphatic rings. The maximum atomic E-state index is 10.2. The Morgan fingerprint density at radius 1 is 1.14 bits per heavy atom. The predicted molar refractivity (Wildman–Crippen MR) is 46.7 cm³/mol. The molecule has 0 aromatic carbocycles. The molecule has 6 nitrogen and oxygen atoms in total. The van der Waals surface area contributed by atoms with Crippen LogP contribution in [0.1, 0.15) is 12.8 Å². The van der Waals surface area contributed by atoms with Crippen molar-refractivity contribution < 1.29 is 29.6 Å². The van der Waals surface area contributed by atoms with E-state index in [0.717, 1.165) is 12.8 Å². The molecule has 84 valence electrons. The van der Waals surface area contributed by atoms with Crippen molar-refractivity contribution in [1.29, 1.82) is 0 Å². The molecule has 1 aliphatic heterocycles. The number of ether oxygens (including phenoxy) is 2. The Balaban J connectivity index is 0.000000255.